The molecule has 2 aromatic carbocycles. The van der Waals surface area contributed by atoms with Gasteiger partial charge in [0.25, 0.3) is 0 Å². The number of benzene rings is 2. The van der Waals surface area contributed by atoms with E-state index < -0.39 is 0 Å². The Morgan fingerprint density at radius 2 is 1.53 bits per heavy atom. The summed E-state index contributed by atoms with van der Waals surface area (Å²) in [6.07, 6.45) is 0. The predicted octanol–water partition coefficient (Wildman–Crippen LogP) is 5.12. The molecule has 1 nitrogen and oxygen atoms in total. The molecule has 0 saturated carbocycles. The van der Waals surface area contributed by atoms with Gasteiger partial charge in [0, 0.05) is 10.8 Å². The highest BCUT2D eigenvalue weighted by Gasteiger charge is 2.02. The molecule has 0 atom stereocenters. The lowest BCUT2D eigenvalue weighted by Gasteiger charge is -2.00. The maximum Gasteiger partial charge on any atom is 0.182 e. The van der Waals surface area contributed by atoms with Gasteiger partial charge in [-0.2, -0.15) is 0 Å². The standard InChI is InChI=1S/C14H10OS.ClH/c1-2-7-12(8-3-1)15-14-10-11-6-4-5-9-13(11)16-14;/h1-10H;1H. The second-order valence-electron chi connectivity index (χ2n) is 3.52. The van der Waals surface area contributed by atoms with Crippen LogP contribution in [-0.4, -0.2) is 0 Å². The van der Waals surface area contributed by atoms with Gasteiger partial charge in [-0.3, -0.25) is 0 Å². The molecular formula is C14H11ClOS. The first-order valence-electron chi connectivity index (χ1n) is 5.13. The van der Waals surface area contributed by atoms with Crippen molar-refractivity contribution in [2.45, 2.75) is 0 Å². The second kappa shape index (κ2) is 5.21. The lowest BCUT2D eigenvalue weighted by Crippen LogP contribution is -1.77. The third-order valence-electron chi connectivity index (χ3n) is 2.36. The molecule has 0 unspecified atom stereocenters. The van der Waals surface area contributed by atoms with Crippen molar-refractivity contribution in [1.82, 2.24) is 0 Å². The largest absolute Gasteiger partial charge is 0.447 e. The summed E-state index contributed by atoms with van der Waals surface area (Å²) in [5.41, 5.74) is 0. The lowest BCUT2D eigenvalue weighted by atomic mass is 10.3. The number of halogens is 1. The maximum atomic E-state index is 5.78. The van der Waals surface area contributed by atoms with Gasteiger partial charge in [0.15, 0.2) is 5.06 Å². The summed E-state index contributed by atoms with van der Waals surface area (Å²) in [4.78, 5) is 0. The Morgan fingerprint density at radius 1 is 0.824 bits per heavy atom. The summed E-state index contributed by atoms with van der Waals surface area (Å²) in [6.45, 7) is 0. The molecule has 0 amide bonds. The Hall–Kier alpha value is -1.51. The average molecular weight is 263 g/mol. The SMILES string of the molecule is Cl.c1ccc(Oc2cc3ccccc3s2)cc1. The van der Waals surface area contributed by atoms with Crippen molar-refractivity contribution in [3.63, 3.8) is 0 Å². The lowest BCUT2D eigenvalue weighted by molar-refractivity contribution is 0.497. The zero-order chi connectivity index (χ0) is 10.8. The van der Waals surface area contributed by atoms with Crippen molar-refractivity contribution in [3.05, 3.63) is 60.7 Å². The van der Waals surface area contributed by atoms with Crippen molar-refractivity contribution in [1.29, 1.82) is 0 Å². The molecule has 0 saturated heterocycles. The molecule has 0 aliphatic carbocycles. The molecule has 0 bridgehead atoms. The molecule has 3 aromatic rings. The monoisotopic (exact) mass is 262 g/mol. The summed E-state index contributed by atoms with van der Waals surface area (Å²) in [7, 11) is 0. The summed E-state index contributed by atoms with van der Waals surface area (Å²) in [5.74, 6) is 0.883. The minimum Gasteiger partial charge on any atom is -0.447 e. The van der Waals surface area contributed by atoms with Crippen LogP contribution in [0, 0.1) is 0 Å². The van der Waals surface area contributed by atoms with Crippen molar-refractivity contribution < 1.29 is 4.74 Å². The number of hydrogen-bond acceptors (Lipinski definition) is 2. The minimum atomic E-state index is 0. The summed E-state index contributed by atoms with van der Waals surface area (Å²) in [6, 6.07) is 20.2. The fourth-order valence-electron chi connectivity index (χ4n) is 1.61. The van der Waals surface area contributed by atoms with Gasteiger partial charge < -0.3 is 4.74 Å². The molecule has 0 fully saturated rings. The summed E-state index contributed by atoms with van der Waals surface area (Å²) in [5, 5.41) is 2.17. The Balaban J connectivity index is 0.00000108. The van der Waals surface area contributed by atoms with E-state index in [2.05, 4.69) is 18.2 Å². The van der Waals surface area contributed by atoms with Crippen LogP contribution >= 0.6 is 23.7 Å². The molecule has 0 spiro atoms. The van der Waals surface area contributed by atoms with Crippen LogP contribution in [0.15, 0.2) is 60.7 Å². The summed E-state index contributed by atoms with van der Waals surface area (Å²) < 4.78 is 7.04. The van der Waals surface area contributed by atoms with Gasteiger partial charge in [0.1, 0.15) is 5.75 Å². The number of thiophene rings is 1. The number of rotatable bonds is 2. The molecule has 17 heavy (non-hydrogen) atoms. The maximum absolute atomic E-state index is 5.78. The summed E-state index contributed by atoms with van der Waals surface area (Å²) >= 11 is 1.67. The van der Waals surface area contributed by atoms with Crippen LogP contribution in [0.1, 0.15) is 0 Å². The normalized spacial score (nSPS) is 9.88. The van der Waals surface area contributed by atoms with E-state index in [-0.39, 0.29) is 12.4 Å². The fraction of sp³-hybridized carbons (Fsp3) is 0. The van der Waals surface area contributed by atoms with Crippen LogP contribution in [0.4, 0.5) is 0 Å². The van der Waals surface area contributed by atoms with E-state index in [0.717, 1.165) is 10.8 Å². The highest BCUT2D eigenvalue weighted by molar-refractivity contribution is 7.20. The second-order valence-corrected chi connectivity index (χ2v) is 4.56. The first kappa shape index (κ1) is 12.0. The number of ether oxygens (including phenoxy) is 1. The molecule has 0 aliphatic rings. The van der Waals surface area contributed by atoms with Crippen molar-refractivity contribution >= 4 is 33.8 Å². The minimum absolute atomic E-state index is 0. The van der Waals surface area contributed by atoms with Gasteiger partial charge in [0.05, 0.1) is 0 Å². The van der Waals surface area contributed by atoms with Crippen molar-refractivity contribution in [2.24, 2.45) is 0 Å². The third kappa shape index (κ3) is 2.60. The van der Waals surface area contributed by atoms with Gasteiger partial charge in [-0.25, -0.2) is 0 Å². The van der Waals surface area contributed by atoms with Crippen LogP contribution in [-0.2, 0) is 0 Å². The van der Waals surface area contributed by atoms with Gasteiger partial charge in [-0.1, -0.05) is 47.7 Å². The number of fused-ring (bicyclic) bond motifs is 1. The quantitative estimate of drug-likeness (QED) is 0.623. The van der Waals surface area contributed by atoms with E-state index in [1.807, 2.05) is 42.5 Å². The van der Waals surface area contributed by atoms with Crippen molar-refractivity contribution in [3.8, 4) is 10.8 Å². The molecule has 1 aromatic heterocycles. The predicted molar refractivity (Wildman–Crippen MR) is 75.6 cm³/mol. The fourth-order valence-corrected chi connectivity index (χ4v) is 2.54. The van der Waals surface area contributed by atoms with Crippen LogP contribution in [0.3, 0.4) is 0 Å². The molecule has 0 radical (unpaired) electrons. The Kier molecular flexibility index (Phi) is 3.67. The molecule has 1 heterocycles. The first-order valence-corrected chi connectivity index (χ1v) is 5.95. The van der Waals surface area contributed by atoms with Crippen LogP contribution < -0.4 is 4.74 Å². The Morgan fingerprint density at radius 3 is 2.29 bits per heavy atom. The molecule has 3 rings (SSSR count). The zero-order valence-corrected chi connectivity index (χ0v) is 10.6. The molecule has 86 valence electrons. The zero-order valence-electron chi connectivity index (χ0n) is 9.00. The molecule has 3 heteroatoms. The average Bonchev–Trinajstić information content (AvgIpc) is 2.72. The highest BCUT2D eigenvalue weighted by atomic mass is 35.5. The van der Waals surface area contributed by atoms with Gasteiger partial charge in [-0.15, -0.1) is 12.4 Å². The van der Waals surface area contributed by atoms with Gasteiger partial charge >= 0.3 is 0 Å². The topological polar surface area (TPSA) is 9.23 Å². The Bertz CT molecular complexity index is 571. The third-order valence-corrected chi connectivity index (χ3v) is 3.36. The Labute approximate surface area is 110 Å². The highest BCUT2D eigenvalue weighted by Crippen LogP contribution is 2.34. The van der Waals surface area contributed by atoms with E-state index in [1.54, 1.807) is 11.3 Å². The van der Waals surface area contributed by atoms with E-state index in [1.165, 1.54) is 10.1 Å². The van der Waals surface area contributed by atoms with E-state index in [0.29, 0.717) is 0 Å². The van der Waals surface area contributed by atoms with Crippen LogP contribution in [0.5, 0.6) is 10.8 Å². The van der Waals surface area contributed by atoms with E-state index >= 15 is 0 Å². The van der Waals surface area contributed by atoms with E-state index in [9.17, 15) is 0 Å². The molecule has 0 N–H and O–H groups in total. The number of hydrogen-bond donors (Lipinski definition) is 0. The first-order chi connectivity index (χ1) is 7.92. The number of para-hydroxylation sites is 1. The van der Waals surface area contributed by atoms with Crippen LogP contribution in [0.25, 0.3) is 10.1 Å². The van der Waals surface area contributed by atoms with Crippen LogP contribution in [0.2, 0.25) is 0 Å². The van der Waals surface area contributed by atoms with E-state index in [4.69, 9.17) is 4.74 Å². The van der Waals surface area contributed by atoms with Gasteiger partial charge in [-0.05, 0) is 23.6 Å². The smallest absolute Gasteiger partial charge is 0.182 e. The molecule has 0 aliphatic heterocycles. The van der Waals surface area contributed by atoms with Gasteiger partial charge in [0.2, 0.25) is 0 Å². The van der Waals surface area contributed by atoms with Crippen molar-refractivity contribution in [2.75, 3.05) is 0 Å². The molecular weight excluding hydrogens is 252 g/mol.